The van der Waals surface area contributed by atoms with E-state index in [1.54, 1.807) is 0 Å². The SMILES string of the molecule is Cc1nc(C)c(N)c(-c2c(C)[nH]c3ccccc23)n1. The van der Waals surface area contributed by atoms with Crippen LogP contribution in [-0.2, 0) is 0 Å². The van der Waals surface area contributed by atoms with E-state index >= 15 is 0 Å². The highest BCUT2D eigenvalue weighted by Gasteiger charge is 2.16. The third-order valence-electron chi connectivity index (χ3n) is 3.38. The second-order valence-corrected chi connectivity index (χ2v) is 4.79. The van der Waals surface area contributed by atoms with Crippen molar-refractivity contribution >= 4 is 16.6 Å². The Morgan fingerprint density at radius 1 is 1.05 bits per heavy atom. The van der Waals surface area contributed by atoms with Crippen LogP contribution in [0.3, 0.4) is 0 Å². The molecule has 96 valence electrons. The maximum Gasteiger partial charge on any atom is 0.126 e. The number of hydrogen-bond donors (Lipinski definition) is 2. The second-order valence-electron chi connectivity index (χ2n) is 4.79. The van der Waals surface area contributed by atoms with Gasteiger partial charge in [0.05, 0.1) is 17.1 Å². The summed E-state index contributed by atoms with van der Waals surface area (Å²) in [6, 6.07) is 8.18. The van der Waals surface area contributed by atoms with Crippen LogP contribution in [0, 0.1) is 20.8 Å². The Labute approximate surface area is 111 Å². The number of aromatic amines is 1. The molecule has 2 aromatic heterocycles. The Morgan fingerprint density at radius 2 is 1.79 bits per heavy atom. The van der Waals surface area contributed by atoms with Crippen molar-refractivity contribution in [1.82, 2.24) is 15.0 Å². The summed E-state index contributed by atoms with van der Waals surface area (Å²) in [5.74, 6) is 0.742. The molecule has 0 aliphatic heterocycles. The molecular weight excluding hydrogens is 236 g/mol. The summed E-state index contributed by atoms with van der Waals surface area (Å²) in [7, 11) is 0. The van der Waals surface area contributed by atoms with E-state index < -0.39 is 0 Å². The number of nitrogens with one attached hydrogen (secondary N) is 1. The number of rotatable bonds is 1. The van der Waals surface area contributed by atoms with Crippen LogP contribution in [0.2, 0.25) is 0 Å². The number of nitrogens with zero attached hydrogens (tertiary/aromatic N) is 2. The topological polar surface area (TPSA) is 67.6 Å². The quantitative estimate of drug-likeness (QED) is 0.699. The fourth-order valence-corrected chi connectivity index (χ4v) is 2.49. The molecule has 0 saturated heterocycles. The average molecular weight is 252 g/mol. The lowest BCUT2D eigenvalue weighted by Crippen LogP contribution is -2.02. The summed E-state index contributed by atoms with van der Waals surface area (Å²) in [6.07, 6.45) is 0. The number of fused-ring (bicyclic) bond motifs is 1. The van der Waals surface area contributed by atoms with Gasteiger partial charge in [0, 0.05) is 22.2 Å². The number of hydrogen-bond acceptors (Lipinski definition) is 3. The number of aromatic nitrogens is 3. The van der Waals surface area contributed by atoms with Crippen LogP contribution in [0.1, 0.15) is 17.2 Å². The van der Waals surface area contributed by atoms with Gasteiger partial charge in [0.2, 0.25) is 0 Å². The van der Waals surface area contributed by atoms with Crippen LogP contribution in [-0.4, -0.2) is 15.0 Å². The van der Waals surface area contributed by atoms with Crippen molar-refractivity contribution in [2.24, 2.45) is 0 Å². The van der Waals surface area contributed by atoms with Gasteiger partial charge in [-0.05, 0) is 26.8 Å². The molecule has 0 unspecified atom stereocenters. The predicted molar refractivity (Wildman–Crippen MR) is 77.9 cm³/mol. The largest absolute Gasteiger partial charge is 0.395 e. The van der Waals surface area contributed by atoms with Crippen LogP contribution in [0.4, 0.5) is 5.69 Å². The van der Waals surface area contributed by atoms with Crippen molar-refractivity contribution in [1.29, 1.82) is 0 Å². The fourth-order valence-electron chi connectivity index (χ4n) is 2.49. The molecule has 2 heterocycles. The molecule has 3 rings (SSSR count). The van der Waals surface area contributed by atoms with E-state index in [0.717, 1.165) is 39.4 Å². The molecule has 4 nitrogen and oxygen atoms in total. The number of anilines is 1. The molecule has 19 heavy (non-hydrogen) atoms. The normalized spacial score (nSPS) is 11.1. The molecule has 0 aliphatic carbocycles. The van der Waals surface area contributed by atoms with Gasteiger partial charge in [-0.2, -0.15) is 0 Å². The summed E-state index contributed by atoms with van der Waals surface area (Å²) in [4.78, 5) is 12.2. The summed E-state index contributed by atoms with van der Waals surface area (Å²) < 4.78 is 0. The number of aryl methyl sites for hydroxylation is 3. The number of nitrogens with two attached hydrogens (primary N) is 1. The van der Waals surface area contributed by atoms with E-state index in [-0.39, 0.29) is 0 Å². The van der Waals surface area contributed by atoms with Crippen molar-refractivity contribution in [3.05, 3.63) is 41.5 Å². The van der Waals surface area contributed by atoms with Gasteiger partial charge in [-0.25, -0.2) is 9.97 Å². The Kier molecular flexibility index (Phi) is 2.52. The van der Waals surface area contributed by atoms with Gasteiger partial charge in [0.1, 0.15) is 5.82 Å². The molecule has 0 bridgehead atoms. The van der Waals surface area contributed by atoms with Crippen molar-refractivity contribution in [3.63, 3.8) is 0 Å². The lowest BCUT2D eigenvalue weighted by molar-refractivity contribution is 1.02. The lowest BCUT2D eigenvalue weighted by Gasteiger charge is -2.08. The van der Waals surface area contributed by atoms with E-state index in [1.807, 2.05) is 32.9 Å². The molecule has 1 aromatic carbocycles. The number of benzene rings is 1. The van der Waals surface area contributed by atoms with Crippen LogP contribution < -0.4 is 5.73 Å². The van der Waals surface area contributed by atoms with E-state index in [1.165, 1.54) is 0 Å². The maximum atomic E-state index is 6.16. The standard InChI is InChI=1S/C15H16N4/c1-8-13(11-6-4-5-7-12(11)18-8)15-14(16)9(2)17-10(3)19-15/h4-7,18H,16H2,1-3H3. The first-order valence-corrected chi connectivity index (χ1v) is 6.26. The predicted octanol–water partition coefficient (Wildman–Crippen LogP) is 3.13. The minimum Gasteiger partial charge on any atom is -0.395 e. The van der Waals surface area contributed by atoms with E-state index in [2.05, 4.69) is 27.1 Å². The lowest BCUT2D eigenvalue weighted by atomic mass is 10.1. The van der Waals surface area contributed by atoms with E-state index in [9.17, 15) is 0 Å². The van der Waals surface area contributed by atoms with Gasteiger partial charge in [-0.1, -0.05) is 18.2 Å². The molecule has 0 aliphatic rings. The summed E-state index contributed by atoms with van der Waals surface area (Å²) in [6.45, 7) is 5.85. The van der Waals surface area contributed by atoms with Crippen LogP contribution in [0.15, 0.2) is 24.3 Å². The first-order chi connectivity index (χ1) is 9.08. The van der Waals surface area contributed by atoms with Crippen molar-refractivity contribution in [3.8, 4) is 11.3 Å². The fraction of sp³-hybridized carbons (Fsp3) is 0.200. The minimum atomic E-state index is 0.651. The third kappa shape index (κ3) is 1.76. The van der Waals surface area contributed by atoms with Gasteiger partial charge in [-0.15, -0.1) is 0 Å². The molecule has 0 fully saturated rings. The van der Waals surface area contributed by atoms with Gasteiger partial charge < -0.3 is 10.7 Å². The van der Waals surface area contributed by atoms with Crippen molar-refractivity contribution in [2.45, 2.75) is 20.8 Å². The van der Waals surface area contributed by atoms with Gasteiger partial charge >= 0.3 is 0 Å². The summed E-state index contributed by atoms with van der Waals surface area (Å²) in [5.41, 5.74) is 11.7. The van der Waals surface area contributed by atoms with Gasteiger partial charge in [0.25, 0.3) is 0 Å². The third-order valence-corrected chi connectivity index (χ3v) is 3.38. The number of H-pyrrole nitrogens is 1. The average Bonchev–Trinajstić information content (AvgIpc) is 2.70. The molecular formula is C15H16N4. The van der Waals surface area contributed by atoms with E-state index in [0.29, 0.717) is 5.69 Å². The molecule has 0 amide bonds. The Balaban J connectivity index is 2.39. The highest BCUT2D eigenvalue weighted by Crippen LogP contribution is 2.34. The van der Waals surface area contributed by atoms with Crippen molar-refractivity contribution < 1.29 is 0 Å². The summed E-state index contributed by atoms with van der Waals surface area (Å²) >= 11 is 0. The minimum absolute atomic E-state index is 0.651. The smallest absolute Gasteiger partial charge is 0.126 e. The van der Waals surface area contributed by atoms with E-state index in [4.69, 9.17) is 5.73 Å². The van der Waals surface area contributed by atoms with Crippen LogP contribution in [0.25, 0.3) is 22.2 Å². The van der Waals surface area contributed by atoms with Gasteiger partial charge in [0.15, 0.2) is 0 Å². The Morgan fingerprint density at radius 3 is 2.58 bits per heavy atom. The maximum absolute atomic E-state index is 6.16. The first kappa shape index (κ1) is 11.7. The number of para-hydroxylation sites is 1. The Hall–Kier alpha value is -2.36. The zero-order valence-electron chi connectivity index (χ0n) is 11.3. The highest BCUT2D eigenvalue weighted by atomic mass is 14.9. The molecule has 3 aromatic rings. The second kappa shape index (κ2) is 4.09. The summed E-state index contributed by atoms with van der Waals surface area (Å²) in [5, 5.41) is 1.14. The van der Waals surface area contributed by atoms with Crippen LogP contribution in [0.5, 0.6) is 0 Å². The zero-order chi connectivity index (χ0) is 13.6. The number of nitrogen functional groups attached to an aromatic ring is 1. The molecule has 0 radical (unpaired) electrons. The molecule has 3 N–H and O–H groups in total. The molecule has 0 spiro atoms. The van der Waals surface area contributed by atoms with Gasteiger partial charge in [-0.3, -0.25) is 0 Å². The Bertz CT molecular complexity index is 771. The first-order valence-electron chi connectivity index (χ1n) is 6.26. The van der Waals surface area contributed by atoms with Crippen LogP contribution >= 0.6 is 0 Å². The molecule has 0 atom stereocenters. The molecule has 4 heteroatoms. The zero-order valence-corrected chi connectivity index (χ0v) is 11.3. The highest BCUT2D eigenvalue weighted by molar-refractivity contribution is 5.99. The monoisotopic (exact) mass is 252 g/mol. The van der Waals surface area contributed by atoms with Crippen molar-refractivity contribution in [2.75, 3.05) is 5.73 Å². The molecule has 0 saturated carbocycles.